The molecule has 2 aliphatic carbocycles. The Hall–Kier alpha value is -1.05. The van der Waals surface area contributed by atoms with Crippen LogP contribution in [0.1, 0.15) is 32.6 Å². The van der Waals surface area contributed by atoms with Gasteiger partial charge in [0.2, 0.25) is 0 Å². The molecular weight excluding hydrogens is 176 g/mol. The topological polar surface area (TPSA) is 26.3 Å². The van der Waals surface area contributed by atoms with Crippen LogP contribution in [0.2, 0.25) is 0 Å². The highest BCUT2D eigenvalue weighted by Crippen LogP contribution is 2.56. The van der Waals surface area contributed by atoms with E-state index >= 15 is 0 Å². The molecule has 14 heavy (non-hydrogen) atoms. The summed E-state index contributed by atoms with van der Waals surface area (Å²) in [5, 5.41) is 0. The lowest BCUT2D eigenvalue weighted by Crippen LogP contribution is -2.01. The fourth-order valence-electron chi connectivity index (χ4n) is 2.28. The molecule has 0 aliphatic heterocycles. The number of allylic oxidation sites excluding steroid dienone is 3. The summed E-state index contributed by atoms with van der Waals surface area (Å²) >= 11 is 0. The van der Waals surface area contributed by atoms with Crippen LogP contribution >= 0.6 is 0 Å². The van der Waals surface area contributed by atoms with Gasteiger partial charge in [-0.15, -0.1) is 6.58 Å². The third kappa shape index (κ3) is 1.74. The average Bonchev–Trinajstić information content (AvgIpc) is 2.81. The standard InChI is InChI=1S/C12H16O2/c1-3-4-5-9-6-10-7-11(10)12(9)14-8(2)13/h3,10-11H,1,4-7H2,2H3. The molecule has 0 radical (unpaired) electrons. The van der Waals surface area contributed by atoms with Crippen LogP contribution in [-0.2, 0) is 9.53 Å². The van der Waals surface area contributed by atoms with E-state index in [2.05, 4.69) is 6.58 Å². The fourth-order valence-corrected chi connectivity index (χ4v) is 2.28. The minimum absolute atomic E-state index is 0.177. The van der Waals surface area contributed by atoms with Crippen LogP contribution in [-0.4, -0.2) is 5.97 Å². The van der Waals surface area contributed by atoms with E-state index in [1.54, 1.807) is 0 Å². The van der Waals surface area contributed by atoms with E-state index in [0.29, 0.717) is 5.92 Å². The molecule has 0 spiro atoms. The highest BCUT2D eigenvalue weighted by atomic mass is 16.5. The summed E-state index contributed by atoms with van der Waals surface area (Å²) in [6, 6.07) is 0. The first-order valence-electron chi connectivity index (χ1n) is 5.23. The first kappa shape index (κ1) is 9.50. The number of hydrogen-bond donors (Lipinski definition) is 0. The molecule has 0 bridgehead atoms. The number of ether oxygens (including phenoxy) is 1. The lowest BCUT2D eigenvalue weighted by molar-refractivity contribution is -0.137. The average molecular weight is 192 g/mol. The van der Waals surface area contributed by atoms with Crippen LogP contribution in [0.15, 0.2) is 24.0 Å². The van der Waals surface area contributed by atoms with Gasteiger partial charge in [-0.2, -0.15) is 0 Å². The maximum atomic E-state index is 10.9. The molecule has 1 fully saturated rings. The number of carbonyl (C=O) groups is 1. The van der Waals surface area contributed by atoms with Crippen molar-refractivity contribution in [1.29, 1.82) is 0 Å². The second kappa shape index (κ2) is 3.60. The van der Waals surface area contributed by atoms with E-state index in [-0.39, 0.29) is 5.97 Å². The van der Waals surface area contributed by atoms with E-state index < -0.39 is 0 Å². The van der Waals surface area contributed by atoms with Crippen LogP contribution in [0.25, 0.3) is 0 Å². The molecular formula is C12H16O2. The summed E-state index contributed by atoms with van der Waals surface area (Å²) in [6.45, 7) is 5.19. The third-order valence-electron chi connectivity index (χ3n) is 3.02. The van der Waals surface area contributed by atoms with Crippen molar-refractivity contribution in [3.63, 3.8) is 0 Å². The normalized spacial score (nSPS) is 28.6. The van der Waals surface area contributed by atoms with Crippen LogP contribution in [0, 0.1) is 11.8 Å². The van der Waals surface area contributed by atoms with Gasteiger partial charge in [0.1, 0.15) is 5.76 Å². The Labute approximate surface area is 84.6 Å². The summed E-state index contributed by atoms with van der Waals surface area (Å²) in [6.07, 6.45) is 6.28. The zero-order chi connectivity index (χ0) is 10.1. The molecule has 2 aliphatic rings. The van der Waals surface area contributed by atoms with E-state index in [0.717, 1.165) is 30.9 Å². The smallest absolute Gasteiger partial charge is 0.307 e. The van der Waals surface area contributed by atoms with Gasteiger partial charge in [-0.3, -0.25) is 4.79 Å². The van der Waals surface area contributed by atoms with Crippen LogP contribution in [0.3, 0.4) is 0 Å². The Morgan fingerprint density at radius 1 is 1.71 bits per heavy atom. The van der Waals surface area contributed by atoms with Gasteiger partial charge in [-0.25, -0.2) is 0 Å². The molecule has 2 heteroatoms. The number of esters is 1. The summed E-state index contributed by atoms with van der Waals surface area (Å²) < 4.78 is 5.28. The zero-order valence-electron chi connectivity index (χ0n) is 8.58. The van der Waals surface area contributed by atoms with Gasteiger partial charge in [0.15, 0.2) is 0 Å². The van der Waals surface area contributed by atoms with Crippen LogP contribution in [0.5, 0.6) is 0 Å². The maximum Gasteiger partial charge on any atom is 0.307 e. The second-order valence-electron chi connectivity index (χ2n) is 4.20. The Balaban J connectivity index is 2.04. The maximum absolute atomic E-state index is 10.9. The molecule has 2 rings (SSSR count). The fraction of sp³-hybridized carbons (Fsp3) is 0.583. The van der Waals surface area contributed by atoms with Gasteiger partial charge in [0.25, 0.3) is 0 Å². The van der Waals surface area contributed by atoms with Crippen molar-refractivity contribution < 1.29 is 9.53 Å². The first-order chi connectivity index (χ1) is 6.72. The molecule has 2 unspecified atom stereocenters. The monoisotopic (exact) mass is 192 g/mol. The largest absolute Gasteiger partial charge is 0.431 e. The molecule has 2 atom stereocenters. The minimum Gasteiger partial charge on any atom is -0.431 e. The van der Waals surface area contributed by atoms with Crippen molar-refractivity contribution >= 4 is 5.97 Å². The van der Waals surface area contributed by atoms with Crippen molar-refractivity contribution in [3.05, 3.63) is 24.0 Å². The summed E-state index contributed by atoms with van der Waals surface area (Å²) in [4.78, 5) is 10.9. The van der Waals surface area contributed by atoms with Crippen molar-refractivity contribution in [2.45, 2.75) is 32.6 Å². The molecule has 0 aromatic heterocycles. The van der Waals surface area contributed by atoms with Gasteiger partial charge in [-0.05, 0) is 37.2 Å². The molecule has 0 N–H and O–H groups in total. The lowest BCUT2D eigenvalue weighted by Gasteiger charge is -2.08. The van der Waals surface area contributed by atoms with E-state index in [9.17, 15) is 4.79 Å². The summed E-state index contributed by atoms with van der Waals surface area (Å²) in [5.41, 5.74) is 1.35. The predicted octanol–water partition coefficient (Wildman–Crippen LogP) is 2.81. The van der Waals surface area contributed by atoms with Crippen molar-refractivity contribution in [3.8, 4) is 0 Å². The van der Waals surface area contributed by atoms with E-state index in [1.807, 2.05) is 6.08 Å². The van der Waals surface area contributed by atoms with Gasteiger partial charge in [-0.1, -0.05) is 6.08 Å². The minimum atomic E-state index is -0.177. The first-order valence-corrected chi connectivity index (χ1v) is 5.23. The van der Waals surface area contributed by atoms with E-state index in [1.165, 1.54) is 18.9 Å². The molecule has 76 valence electrons. The van der Waals surface area contributed by atoms with Gasteiger partial charge in [0, 0.05) is 12.8 Å². The Kier molecular flexibility index (Phi) is 2.44. The van der Waals surface area contributed by atoms with Gasteiger partial charge >= 0.3 is 5.97 Å². The molecule has 0 aromatic rings. The molecule has 0 aromatic carbocycles. The second-order valence-corrected chi connectivity index (χ2v) is 4.20. The van der Waals surface area contributed by atoms with Crippen LogP contribution in [0.4, 0.5) is 0 Å². The summed E-state index contributed by atoms with van der Waals surface area (Å²) in [7, 11) is 0. The van der Waals surface area contributed by atoms with Crippen molar-refractivity contribution in [1.82, 2.24) is 0 Å². The lowest BCUT2D eigenvalue weighted by atomic mass is 10.1. The quantitative estimate of drug-likeness (QED) is 0.505. The third-order valence-corrected chi connectivity index (χ3v) is 3.02. The molecule has 0 saturated heterocycles. The Bertz CT molecular complexity index is 301. The van der Waals surface area contributed by atoms with Crippen molar-refractivity contribution in [2.24, 2.45) is 11.8 Å². The summed E-state index contributed by atoms with van der Waals surface area (Å²) in [5.74, 6) is 2.16. The molecule has 1 saturated carbocycles. The number of fused-ring (bicyclic) bond motifs is 1. The SMILES string of the molecule is C=CCCC1=C(OC(C)=O)C2CC2C1. The number of hydrogen-bond acceptors (Lipinski definition) is 2. The van der Waals surface area contributed by atoms with E-state index in [4.69, 9.17) is 4.74 Å². The number of carbonyl (C=O) groups excluding carboxylic acids is 1. The molecule has 0 amide bonds. The Morgan fingerprint density at radius 3 is 3.14 bits per heavy atom. The highest BCUT2D eigenvalue weighted by Gasteiger charge is 2.48. The van der Waals surface area contributed by atoms with Gasteiger partial charge in [0.05, 0.1) is 0 Å². The highest BCUT2D eigenvalue weighted by molar-refractivity contribution is 5.67. The predicted molar refractivity (Wildman–Crippen MR) is 54.4 cm³/mol. The van der Waals surface area contributed by atoms with Gasteiger partial charge < -0.3 is 4.74 Å². The Morgan fingerprint density at radius 2 is 2.50 bits per heavy atom. The zero-order valence-corrected chi connectivity index (χ0v) is 8.58. The molecule has 2 nitrogen and oxygen atoms in total. The van der Waals surface area contributed by atoms with Crippen LogP contribution < -0.4 is 0 Å². The van der Waals surface area contributed by atoms with Crippen molar-refractivity contribution in [2.75, 3.05) is 0 Å². The number of rotatable bonds is 4. The molecule has 0 heterocycles.